The maximum Gasteiger partial charge on any atom is 0.308 e. The van der Waals surface area contributed by atoms with Crippen molar-refractivity contribution in [2.45, 2.75) is 20.3 Å². The molecule has 2 atom stereocenters. The van der Waals surface area contributed by atoms with Crippen molar-refractivity contribution in [2.75, 3.05) is 18.6 Å². The molecule has 0 aliphatic carbocycles. The first-order valence-electron chi connectivity index (χ1n) is 6.99. The van der Waals surface area contributed by atoms with Gasteiger partial charge in [-0.1, -0.05) is 36.8 Å². The molecular formula is C16H23NO3S. The summed E-state index contributed by atoms with van der Waals surface area (Å²) in [7, 11) is 0. The van der Waals surface area contributed by atoms with Gasteiger partial charge >= 0.3 is 5.97 Å². The van der Waals surface area contributed by atoms with Crippen molar-refractivity contribution in [3.63, 3.8) is 0 Å². The van der Waals surface area contributed by atoms with Gasteiger partial charge in [-0.3, -0.25) is 9.59 Å². The molecule has 1 aromatic carbocycles. The minimum atomic E-state index is -0.880. The third kappa shape index (κ3) is 6.21. The van der Waals surface area contributed by atoms with E-state index < -0.39 is 11.9 Å². The van der Waals surface area contributed by atoms with Gasteiger partial charge in [-0.25, -0.2) is 0 Å². The number of aryl methyl sites for hydroxylation is 1. The summed E-state index contributed by atoms with van der Waals surface area (Å²) in [5.41, 5.74) is 2.09. The number of rotatable bonds is 8. The molecule has 0 saturated carbocycles. The lowest BCUT2D eigenvalue weighted by molar-refractivity contribution is -0.141. The van der Waals surface area contributed by atoms with Crippen molar-refractivity contribution in [2.24, 2.45) is 11.8 Å². The molecule has 1 rings (SSSR count). The highest BCUT2D eigenvalue weighted by molar-refractivity contribution is 7.98. The number of carbonyl (C=O) groups excluding carboxylic acids is 1. The van der Waals surface area contributed by atoms with Crippen LogP contribution in [0.4, 0.5) is 0 Å². The van der Waals surface area contributed by atoms with Crippen LogP contribution in [-0.2, 0) is 16.0 Å². The number of carboxylic acid groups (broad SMARTS) is 1. The molecule has 0 bridgehead atoms. The fourth-order valence-corrected chi connectivity index (χ4v) is 2.75. The smallest absolute Gasteiger partial charge is 0.308 e. The molecule has 1 aromatic rings. The number of benzene rings is 1. The van der Waals surface area contributed by atoms with E-state index in [1.807, 2.05) is 44.4 Å². The number of nitrogens with one attached hydrogen (secondary N) is 1. The molecule has 4 nitrogen and oxygen atoms in total. The normalized spacial score (nSPS) is 13.5. The van der Waals surface area contributed by atoms with Crippen LogP contribution < -0.4 is 5.32 Å². The molecule has 0 fully saturated rings. The van der Waals surface area contributed by atoms with Crippen molar-refractivity contribution >= 4 is 23.6 Å². The van der Waals surface area contributed by atoms with Gasteiger partial charge in [0.05, 0.1) is 5.92 Å². The summed E-state index contributed by atoms with van der Waals surface area (Å²) in [6.07, 6.45) is 2.37. The fraction of sp³-hybridized carbons (Fsp3) is 0.500. The summed E-state index contributed by atoms with van der Waals surface area (Å²) in [5, 5.41) is 12.1. The standard InChI is InChI=1S/C16H23NO3S/c1-11-5-4-6-13(7-11)8-14(16(19)20)9-17-15(18)12(2)10-21-3/h4-7,12,14H,8-10H2,1-3H3,(H,17,18)(H,19,20). The Morgan fingerprint density at radius 2 is 2.10 bits per heavy atom. The summed E-state index contributed by atoms with van der Waals surface area (Å²) < 4.78 is 0. The highest BCUT2D eigenvalue weighted by atomic mass is 32.2. The third-order valence-electron chi connectivity index (χ3n) is 3.30. The minimum Gasteiger partial charge on any atom is -0.481 e. The van der Waals surface area contributed by atoms with Crippen LogP contribution in [0.15, 0.2) is 24.3 Å². The second-order valence-corrected chi connectivity index (χ2v) is 6.24. The zero-order valence-electron chi connectivity index (χ0n) is 12.8. The number of carboxylic acids is 1. The van der Waals surface area contributed by atoms with E-state index in [0.717, 1.165) is 16.9 Å². The number of aliphatic carboxylic acids is 1. The van der Waals surface area contributed by atoms with E-state index in [0.29, 0.717) is 6.42 Å². The predicted octanol–water partition coefficient (Wildman–Crippen LogP) is 2.35. The number of thioether (sulfide) groups is 1. The van der Waals surface area contributed by atoms with Gasteiger partial charge in [0.15, 0.2) is 0 Å². The Morgan fingerprint density at radius 3 is 2.67 bits per heavy atom. The Bertz CT molecular complexity index is 490. The molecule has 21 heavy (non-hydrogen) atoms. The molecule has 116 valence electrons. The lowest BCUT2D eigenvalue weighted by Gasteiger charge is -2.16. The van der Waals surface area contributed by atoms with E-state index in [1.54, 1.807) is 11.8 Å². The Morgan fingerprint density at radius 1 is 1.38 bits per heavy atom. The molecule has 0 spiro atoms. The van der Waals surface area contributed by atoms with E-state index >= 15 is 0 Å². The number of amides is 1. The predicted molar refractivity (Wildman–Crippen MR) is 86.6 cm³/mol. The molecule has 2 unspecified atom stereocenters. The molecule has 0 aliphatic rings. The Balaban J connectivity index is 2.58. The van der Waals surface area contributed by atoms with E-state index in [4.69, 9.17) is 0 Å². The van der Waals surface area contributed by atoms with Crippen molar-refractivity contribution in [3.05, 3.63) is 35.4 Å². The third-order valence-corrected chi connectivity index (χ3v) is 4.13. The second kappa shape index (κ2) is 8.72. The van der Waals surface area contributed by atoms with Crippen molar-refractivity contribution in [1.29, 1.82) is 0 Å². The summed E-state index contributed by atoms with van der Waals surface area (Å²) in [4.78, 5) is 23.2. The fourth-order valence-electron chi connectivity index (χ4n) is 2.09. The monoisotopic (exact) mass is 309 g/mol. The van der Waals surface area contributed by atoms with E-state index in [9.17, 15) is 14.7 Å². The van der Waals surface area contributed by atoms with Gasteiger partial charge < -0.3 is 10.4 Å². The highest BCUT2D eigenvalue weighted by Crippen LogP contribution is 2.11. The average Bonchev–Trinajstić information content (AvgIpc) is 2.43. The second-order valence-electron chi connectivity index (χ2n) is 5.33. The zero-order valence-corrected chi connectivity index (χ0v) is 13.6. The van der Waals surface area contributed by atoms with E-state index in [-0.39, 0.29) is 18.4 Å². The SMILES string of the molecule is CSCC(C)C(=O)NCC(Cc1cccc(C)c1)C(=O)O. The molecule has 1 amide bonds. The van der Waals surface area contributed by atoms with Crippen molar-refractivity contribution < 1.29 is 14.7 Å². The summed E-state index contributed by atoms with van der Waals surface area (Å²) in [5.74, 6) is -0.929. The first-order chi connectivity index (χ1) is 9.93. The van der Waals surface area contributed by atoms with Gasteiger partial charge in [0.1, 0.15) is 0 Å². The number of hydrogen-bond donors (Lipinski definition) is 2. The Kier molecular flexibility index (Phi) is 7.29. The van der Waals surface area contributed by atoms with Gasteiger partial charge in [-0.05, 0) is 25.2 Å². The molecular weight excluding hydrogens is 286 g/mol. The molecule has 0 aliphatic heterocycles. The minimum absolute atomic E-state index is 0.0835. The van der Waals surface area contributed by atoms with E-state index in [2.05, 4.69) is 5.32 Å². The van der Waals surface area contributed by atoms with Crippen LogP contribution >= 0.6 is 11.8 Å². The van der Waals surface area contributed by atoms with Crippen LogP contribution in [0.25, 0.3) is 0 Å². The quantitative estimate of drug-likeness (QED) is 0.773. The zero-order chi connectivity index (χ0) is 15.8. The van der Waals surface area contributed by atoms with Gasteiger partial charge in [-0.2, -0.15) is 11.8 Å². The highest BCUT2D eigenvalue weighted by Gasteiger charge is 2.20. The van der Waals surface area contributed by atoms with Crippen LogP contribution in [0.5, 0.6) is 0 Å². The Labute approximate surface area is 130 Å². The number of hydrogen-bond acceptors (Lipinski definition) is 3. The van der Waals surface area contributed by atoms with Gasteiger partial charge in [0.2, 0.25) is 5.91 Å². The molecule has 0 radical (unpaired) electrons. The molecule has 0 saturated heterocycles. The maximum absolute atomic E-state index is 11.8. The molecule has 0 heterocycles. The van der Waals surface area contributed by atoms with Crippen LogP contribution in [0.1, 0.15) is 18.1 Å². The summed E-state index contributed by atoms with van der Waals surface area (Å²) in [6, 6.07) is 7.79. The van der Waals surface area contributed by atoms with Gasteiger partial charge in [0, 0.05) is 18.2 Å². The van der Waals surface area contributed by atoms with Crippen molar-refractivity contribution in [1.82, 2.24) is 5.32 Å². The molecule has 2 N–H and O–H groups in total. The first kappa shape index (κ1) is 17.6. The average molecular weight is 309 g/mol. The molecule has 0 aromatic heterocycles. The van der Waals surface area contributed by atoms with Crippen LogP contribution in [0.2, 0.25) is 0 Å². The Hall–Kier alpha value is -1.49. The van der Waals surface area contributed by atoms with Crippen molar-refractivity contribution in [3.8, 4) is 0 Å². The maximum atomic E-state index is 11.8. The van der Waals surface area contributed by atoms with Gasteiger partial charge in [-0.15, -0.1) is 0 Å². The van der Waals surface area contributed by atoms with Gasteiger partial charge in [0.25, 0.3) is 0 Å². The lowest BCUT2D eigenvalue weighted by Crippen LogP contribution is -2.37. The largest absolute Gasteiger partial charge is 0.481 e. The topological polar surface area (TPSA) is 66.4 Å². The molecule has 5 heteroatoms. The summed E-state index contributed by atoms with van der Waals surface area (Å²) in [6.45, 7) is 3.99. The lowest BCUT2D eigenvalue weighted by atomic mass is 9.98. The van der Waals surface area contributed by atoms with Crippen LogP contribution in [0.3, 0.4) is 0 Å². The first-order valence-corrected chi connectivity index (χ1v) is 8.38. The summed E-state index contributed by atoms with van der Waals surface area (Å²) >= 11 is 1.61. The van der Waals surface area contributed by atoms with Crippen LogP contribution in [-0.4, -0.2) is 35.5 Å². The number of carbonyl (C=O) groups is 2. The van der Waals surface area contributed by atoms with E-state index in [1.165, 1.54) is 0 Å². The van der Waals surface area contributed by atoms with Crippen LogP contribution in [0, 0.1) is 18.8 Å².